The van der Waals surface area contributed by atoms with Gasteiger partial charge in [0.05, 0.1) is 5.36 Å². The van der Waals surface area contributed by atoms with Crippen LogP contribution in [0.3, 0.4) is 0 Å². The van der Waals surface area contributed by atoms with E-state index < -0.39 is 6.17 Å². The summed E-state index contributed by atoms with van der Waals surface area (Å²) in [5, 5.41) is 10.4. The number of rotatable bonds is 4. The molecule has 0 spiro atoms. The number of para-hydroxylation sites is 1. The van der Waals surface area contributed by atoms with E-state index in [0.29, 0.717) is 32.8 Å². The molecule has 2 aromatic carbocycles. The van der Waals surface area contributed by atoms with E-state index in [0.717, 1.165) is 0 Å². The van der Waals surface area contributed by atoms with E-state index in [4.69, 9.17) is 0 Å². The second-order valence-corrected chi connectivity index (χ2v) is 6.91. The lowest BCUT2D eigenvalue weighted by atomic mass is 10.1. The van der Waals surface area contributed by atoms with E-state index in [9.17, 15) is 9.59 Å². The molecule has 27 heavy (non-hydrogen) atoms. The molecular weight excluding hydrogens is 360 g/mol. The van der Waals surface area contributed by atoms with Crippen LogP contribution in [0.1, 0.15) is 10.4 Å². The van der Waals surface area contributed by atoms with Crippen LogP contribution in [0.5, 0.6) is 0 Å². The first-order valence-electron chi connectivity index (χ1n) is 8.38. The van der Waals surface area contributed by atoms with Gasteiger partial charge < -0.3 is 0 Å². The molecule has 2 heterocycles. The van der Waals surface area contributed by atoms with Crippen LogP contribution in [-0.4, -0.2) is 33.8 Å². The fourth-order valence-electron chi connectivity index (χ4n) is 2.95. The third kappa shape index (κ3) is 3.17. The Labute approximate surface area is 160 Å². The zero-order valence-electron chi connectivity index (χ0n) is 14.3. The molecule has 2 aromatic rings. The van der Waals surface area contributed by atoms with Crippen LogP contribution < -0.4 is 15.9 Å². The standard InChI is InChI=1S/C20H16N4O2S/c1-2-12-27-20-22-19(26)16-14-10-6-7-11-15(14)21-18(24(16)23-20)17(25)13-8-4-3-5-9-13/h2-11,18H,1,12H2,(H,22,23,26)/t18-/m1/s1. The van der Waals surface area contributed by atoms with Crippen molar-refractivity contribution in [3.05, 3.63) is 83.4 Å². The molecule has 0 bridgehead atoms. The van der Waals surface area contributed by atoms with Crippen molar-refractivity contribution in [2.75, 3.05) is 5.75 Å². The van der Waals surface area contributed by atoms with Crippen molar-refractivity contribution < 1.29 is 9.59 Å². The summed E-state index contributed by atoms with van der Waals surface area (Å²) in [4.78, 5) is 30.5. The van der Waals surface area contributed by atoms with Crippen molar-refractivity contribution in [1.29, 1.82) is 0 Å². The zero-order valence-corrected chi connectivity index (χ0v) is 15.1. The maximum Gasteiger partial charge on any atom is 0.276 e. The van der Waals surface area contributed by atoms with Gasteiger partial charge in [0, 0.05) is 16.5 Å². The minimum absolute atomic E-state index is 0.214. The number of ketones is 1. The van der Waals surface area contributed by atoms with Gasteiger partial charge in [0.25, 0.3) is 5.91 Å². The molecule has 4 rings (SSSR count). The van der Waals surface area contributed by atoms with Crippen molar-refractivity contribution in [2.45, 2.75) is 6.17 Å². The van der Waals surface area contributed by atoms with E-state index in [-0.39, 0.29) is 11.7 Å². The first-order valence-corrected chi connectivity index (χ1v) is 9.37. The maximum atomic E-state index is 13.1. The second kappa shape index (κ2) is 7.20. The maximum absolute atomic E-state index is 13.1. The molecule has 0 radical (unpaired) electrons. The SMILES string of the molecule is C=CCSC1=NN2C(=c3ccccc3=N[C@H]2C(=O)c2ccccc2)C(=O)N1. The number of amides is 1. The van der Waals surface area contributed by atoms with Crippen LogP contribution in [0.25, 0.3) is 5.70 Å². The molecule has 2 aliphatic heterocycles. The van der Waals surface area contributed by atoms with E-state index >= 15 is 0 Å². The molecular formula is C20H16N4O2S. The van der Waals surface area contributed by atoms with Crippen molar-refractivity contribution in [2.24, 2.45) is 10.1 Å². The quantitative estimate of drug-likeness (QED) is 0.644. The van der Waals surface area contributed by atoms with Gasteiger partial charge in [-0.2, -0.15) is 0 Å². The number of fused-ring (bicyclic) bond motifs is 2. The number of Topliss-reactive ketones (excluding diaryl/α,β-unsaturated/α-hetero) is 1. The molecule has 0 aliphatic carbocycles. The summed E-state index contributed by atoms with van der Waals surface area (Å²) < 4.78 is 0. The van der Waals surface area contributed by atoms with Crippen LogP contribution in [0.15, 0.2) is 77.3 Å². The Kier molecular flexibility index (Phi) is 4.60. The Morgan fingerprint density at radius 3 is 2.70 bits per heavy atom. The number of hydrazone groups is 1. The number of thioether (sulfide) groups is 1. The van der Waals surface area contributed by atoms with Crippen molar-refractivity contribution in [3.8, 4) is 0 Å². The van der Waals surface area contributed by atoms with Crippen LogP contribution in [0, 0.1) is 0 Å². The minimum atomic E-state index is -0.928. The largest absolute Gasteiger partial charge is 0.298 e. The Morgan fingerprint density at radius 2 is 1.93 bits per heavy atom. The third-order valence-electron chi connectivity index (χ3n) is 4.15. The summed E-state index contributed by atoms with van der Waals surface area (Å²) in [5.41, 5.74) is 0.851. The van der Waals surface area contributed by atoms with E-state index in [1.165, 1.54) is 16.8 Å². The molecule has 0 aromatic heterocycles. The smallest absolute Gasteiger partial charge is 0.276 e. The first-order chi connectivity index (χ1) is 13.2. The van der Waals surface area contributed by atoms with Gasteiger partial charge in [-0.3, -0.25) is 14.9 Å². The molecule has 0 saturated heterocycles. The van der Waals surface area contributed by atoms with Crippen molar-refractivity contribution in [3.63, 3.8) is 0 Å². The molecule has 0 fully saturated rings. The van der Waals surface area contributed by atoms with E-state index in [2.05, 4.69) is 22.0 Å². The fourth-order valence-corrected chi connectivity index (χ4v) is 3.54. The molecule has 0 unspecified atom stereocenters. The second-order valence-electron chi connectivity index (χ2n) is 5.90. The third-order valence-corrected chi connectivity index (χ3v) is 5.01. The highest BCUT2D eigenvalue weighted by Crippen LogP contribution is 2.22. The monoisotopic (exact) mass is 376 g/mol. The number of benzene rings is 2. The Hall–Kier alpha value is -3.19. The summed E-state index contributed by atoms with van der Waals surface area (Å²) >= 11 is 1.34. The first kappa shape index (κ1) is 17.2. The number of nitrogens with zero attached hydrogens (tertiary/aromatic N) is 3. The summed E-state index contributed by atoms with van der Waals surface area (Å²) in [6.07, 6.45) is 0.795. The van der Waals surface area contributed by atoms with Gasteiger partial charge in [-0.15, -0.1) is 11.7 Å². The normalized spacial score (nSPS) is 17.9. The topological polar surface area (TPSA) is 74.1 Å². The average molecular weight is 376 g/mol. The van der Waals surface area contributed by atoms with E-state index in [1.54, 1.807) is 42.5 Å². The molecule has 134 valence electrons. The number of carbonyl (C=O) groups is 2. The highest BCUT2D eigenvalue weighted by molar-refractivity contribution is 8.14. The molecule has 7 heteroatoms. The van der Waals surface area contributed by atoms with Gasteiger partial charge in [0.2, 0.25) is 11.9 Å². The van der Waals surface area contributed by atoms with E-state index in [1.807, 2.05) is 18.2 Å². The van der Waals surface area contributed by atoms with Gasteiger partial charge in [0.1, 0.15) is 5.70 Å². The summed E-state index contributed by atoms with van der Waals surface area (Å²) in [6.45, 7) is 3.68. The van der Waals surface area contributed by atoms with Gasteiger partial charge >= 0.3 is 0 Å². The highest BCUT2D eigenvalue weighted by Gasteiger charge is 2.37. The van der Waals surface area contributed by atoms with Gasteiger partial charge in [-0.1, -0.05) is 66.4 Å². The van der Waals surface area contributed by atoms with Crippen LogP contribution in [-0.2, 0) is 4.79 Å². The van der Waals surface area contributed by atoms with Crippen LogP contribution in [0.2, 0.25) is 0 Å². The molecule has 1 N–H and O–H groups in total. The Balaban J connectivity index is 1.87. The van der Waals surface area contributed by atoms with Crippen LogP contribution in [0.4, 0.5) is 0 Å². The molecule has 2 aliphatic rings. The lowest BCUT2D eigenvalue weighted by Gasteiger charge is -2.33. The molecule has 1 atom stereocenters. The number of amidine groups is 1. The van der Waals surface area contributed by atoms with Gasteiger partial charge in [-0.25, -0.2) is 10.0 Å². The Bertz CT molecular complexity index is 1080. The van der Waals surface area contributed by atoms with Crippen molar-refractivity contribution >= 4 is 34.3 Å². The number of hydrogen-bond donors (Lipinski definition) is 1. The van der Waals surface area contributed by atoms with Crippen molar-refractivity contribution in [1.82, 2.24) is 10.3 Å². The van der Waals surface area contributed by atoms with Crippen LogP contribution >= 0.6 is 11.8 Å². The number of hydrogen-bond acceptors (Lipinski definition) is 6. The zero-order chi connectivity index (χ0) is 18.8. The molecule has 1 amide bonds. The summed E-state index contributed by atoms with van der Waals surface area (Å²) in [6, 6.07) is 16.2. The molecule has 6 nitrogen and oxygen atoms in total. The Morgan fingerprint density at radius 1 is 1.19 bits per heavy atom. The average Bonchev–Trinajstić information content (AvgIpc) is 2.71. The predicted octanol–water partition coefficient (Wildman–Crippen LogP) is 1.26. The minimum Gasteiger partial charge on any atom is -0.298 e. The fraction of sp³-hybridized carbons (Fsp3) is 0.100. The summed E-state index contributed by atoms with van der Waals surface area (Å²) in [5.74, 6) is 0.0757. The number of carbonyl (C=O) groups excluding carboxylic acids is 2. The van der Waals surface area contributed by atoms with Gasteiger partial charge in [0.15, 0.2) is 5.17 Å². The van der Waals surface area contributed by atoms with Gasteiger partial charge in [-0.05, 0) is 6.07 Å². The number of nitrogens with one attached hydrogen (secondary N) is 1. The lowest BCUT2D eigenvalue weighted by Crippen LogP contribution is -2.54. The predicted molar refractivity (Wildman–Crippen MR) is 105 cm³/mol. The summed E-state index contributed by atoms with van der Waals surface area (Å²) in [7, 11) is 0. The lowest BCUT2D eigenvalue weighted by molar-refractivity contribution is -0.115. The highest BCUT2D eigenvalue weighted by atomic mass is 32.2. The molecule has 0 saturated carbocycles.